The van der Waals surface area contributed by atoms with Gasteiger partial charge in [-0.3, -0.25) is 0 Å². The SMILES string of the molecule is O=S(=O)(N1CCC1)N1CC(CO)C1. The van der Waals surface area contributed by atoms with Crippen molar-refractivity contribution in [2.75, 3.05) is 32.8 Å². The van der Waals surface area contributed by atoms with Crippen LogP contribution in [0.2, 0.25) is 0 Å². The number of nitrogens with zero attached hydrogens (tertiary/aromatic N) is 2. The van der Waals surface area contributed by atoms with Gasteiger partial charge in [-0.05, 0) is 6.42 Å². The van der Waals surface area contributed by atoms with Crippen molar-refractivity contribution in [1.29, 1.82) is 0 Å². The predicted molar refractivity (Wildman–Crippen MR) is 47.3 cm³/mol. The van der Waals surface area contributed by atoms with Gasteiger partial charge in [-0.2, -0.15) is 17.0 Å². The molecule has 0 amide bonds. The summed E-state index contributed by atoms with van der Waals surface area (Å²) in [5, 5.41) is 8.74. The molecule has 2 rings (SSSR count). The summed E-state index contributed by atoms with van der Waals surface area (Å²) in [6.45, 7) is 2.36. The largest absolute Gasteiger partial charge is 0.396 e. The molecule has 0 aliphatic carbocycles. The van der Waals surface area contributed by atoms with Crippen LogP contribution in [0.3, 0.4) is 0 Å². The molecule has 0 aromatic heterocycles. The van der Waals surface area contributed by atoms with Crippen molar-refractivity contribution < 1.29 is 13.5 Å². The van der Waals surface area contributed by atoms with Crippen LogP contribution >= 0.6 is 0 Å². The minimum atomic E-state index is -3.15. The molecule has 5 nitrogen and oxygen atoms in total. The molecule has 13 heavy (non-hydrogen) atoms. The van der Waals surface area contributed by atoms with Crippen LogP contribution in [0.15, 0.2) is 0 Å². The van der Waals surface area contributed by atoms with E-state index in [2.05, 4.69) is 0 Å². The van der Waals surface area contributed by atoms with Crippen LogP contribution in [0.1, 0.15) is 6.42 Å². The monoisotopic (exact) mass is 206 g/mol. The first-order valence-electron chi connectivity index (χ1n) is 4.50. The zero-order valence-corrected chi connectivity index (χ0v) is 8.20. The molecule has 0 aromatic carbocycles. The number of aliphatic hydroxyl groups excluding tert-OH is 1. The van der Waals surface area contributed by atoms with Gasteiger partial charge in [0.2, 0.25) is 0 Å². The van der Waals surface area contributed by atoms with Crippen molar-refractivity contribution in [1.82, 2.24) is 8.61 Å². The maximum absolute atomic E-state index is 11.6. The number of rotatable bonds is 3. The van der Waals surface area contributed by atoms with Crippen LogP contribution in [-0.2, 0) is 10.2 Å². The Bertz CT molecular complexity index is 280. The molecule has 0 spiro atoms. The van der Waals surface area contributed by atoms with Gasteiger partial charge in [0, 0.05) is 38.7 Å². The average molecular weight is 206 g/mol. The summed E-state index contributed by atoms with van der Waals surface area (Å²) >= 11 is 0. The smallest absolute Gasteiger partial charge is 0.281 e. The van der Waals surface area contributed by atoms with Crippen LogP contribution in [0.5, 0.6) is 0 Å². The van der Waals surface area contributed by atoms with Gasteiger partial charge >= 0.3 is 0 Å². The van der Waals surface area contributed by atoms with E-state index in [0.717, 1.165) is 6.42 Å². The maximum atomic E-state index is 11.6. The van der Waals surface area contributed by atoms with Crippen molar-refractivity contribution in [3.05, 3.63) is 0 Å². The summed E-state index contributed by atoms with van der Waals surface area (Å²) in [6.07, 6.45) is 0.969. The summed E-state index contributed by atoms with van der Waals surface area (Å²) in [5.41, 5.74) is 0. The zero-order chi connectivity index (χ0) is 9.47. The third kappa shape index (κ3) is 1.48. The fourth-order valence-corrected chi connectivity index (χ4v) is 3.35. The van der Waals surface area contributed by atoms with Crippen LogP contribution in [0.25, 0.3) is 0 Å². The second-order valence-corrected chi connectivity index (χ2v) is 5.55. The number of hydrogen-bond donors (Lipinski definition) is 1. The summed E-state index contributed by atoms with van der Waals surface area (Å²) in [7, 11) is -3.15. The zero-order valence-electron chi connectivity index (χ0n) is 7.39. The van der Waals surface area contributed by atoms with Gasteiger partial charge in [0.05, 0.1) is 0 Å². The second-order valence-electron chi connectivity index (χ2n) is 3.63. The van der Waals surface area contributed by atoms with Crippen LogP contribution in [0, 0.1) is 5.92 Å². The Balaban J connectivity index is 1.94. The lowest BCUT2D eigenvalue weighted by atomic mass is 10.1. The van der Waals surface area contributed by atoms with E-state index in [1.165, 1.54) is 8.61 Å². The Kier molecular flexibility index (Phi) is 2.31. The van der Waals surface area contributed by atoms with Gasteiger partial charge in [-0.25, -0.2) is 0 Å². The van der Waals surface area contributed by atoms with E-state index in [4.69, 9.17) is 5.11 Å². The molecule has 2 aliphatic rings. The third-order valence-electron chi connectivity index (χ3n) is 2.65. The molecular formula is C7H14N2O3S. The summed E-state index contributed by atoms with van der Waals surface area (Å²) in [6, 6.07) is 0. The number of hydrogen-bond acceptors (Lipinski definition) is 3. The van der Waals surface area contributed by atoms with Gasteiger partial charge in [-0.15, -0.1) is 0 Å². The normalized spacial score (nSPS) is 26.8. The quantitative estimate of drug-likeness (QED) is 0.635. The molecule has 2 aliphatic heterocycles. The van der Waals surface area contributed by atoms with Crippen molar-refractivity contribution in [2.24, 2.45) is 5.92 Å². The lowest BCUT2D eigenvalue weighted by Crippen LogP contribution is -2.58. The Morgan fingerprint density at radius 1 is 1.23 bits per heavy atom. The summed E-state index contributed by atoms with van der Waals surface area (Å²) < 4.78 is 26.2. The molecule has 0 aromatic rings. The van der Waals surface area contributed by atoms with E-state index in [-0.39, 0.29) is 12.5 Å². The Hall–Kier alpha value is -0.170. The van der Waals surface area contributed by atoms with E-state index in [1.54, 1.807) is 0 Å². The van der Waals surface area contributed by atoms with E-state index < -0.39 is 10.2 Å². The molecule has 0 atom stereocenters. The third-order valence-corrected chi connectivity index (χ3v) is 4.62. The molecule has 2 heterocycles. The van der Waals surface area contributed by atoms with Gasteiger partial charge < -0.3 is 5.11 Å². The van der Waals surface area contributed by atoms with E-state index in [0.29, 0.717) is 26.2 Å². The van der Waals surface area contributed by atoms with Gasteiger partial charge in [-0.1, -0.05) is 0 Å². The fraction of sp³-hybridized carbons (Fsp3) is 1.00. The highest BCUT2D eigenvalue weighted by molar-refractivity contribution is 7.86. The van der Waals surface area contributed by atoms with Crippen LogP contribution in [0.4, 0.5) is 0 Å². The minimum Gasteiger partial charge on any atom is -0.396 e. The maximum Gasteiger partial charge on any atom is 0.281 e. The van der Waals surface area contributed by atoms with Crippen molar-refractivity contribution in [3.8, 4) is 0 Å². The van der Waals surface area contributed by atoms with Gasteiger partial charge in [0.15, 0.2) is 0 Å². The van der Waals surface area contributed by atoms with Crippen molar-refractivity contribution in [3.63, 3.8) is 0 Å². The molecule has 6 heteroatoms. The molecule has 0 bridgehead atoms. The molecule has 2 saturated heterocycles. The van der Waals surface area contributed by atoms with Crippen LogP contribution < -0.4 is 0 Å². The van der Waals surface area contributed by atoms with E-state index in [9.17, 15) is 8.42 Å². The van der Waals surface area contributed by atoms with Gasteiger partial charge in [0.25, 0.3) is 10.2 Å². The first-order valence-corrected chi connectivity index (χ1v) is 5.90. The van der Waals surface area contributed by atoms with E-state index >= 15 is 0 Å². The average Bonchev–Trinajstić information content (AvgIpc) is 1.77. The first kappa shape index (κ1) is 9.39. The second kappa shape index (κ2) is 3.20. The topological polar surface area (TPSA) is 60.9 Å². The lowest BCUT2D eigenvalue weighted by molar-refractivity contribution is 0.107. The highest BCUT2D eigenvalue weighted by atomic mass is 32.2. The highest BCUT2D eigenvalue weighted by Crippen LogP contribution is 2.24. The Labute approximate surface area is 78.1 Å². The highest BCUT2D eigenvalue weighted by Gasteiger charge is 2.40. The Morgan fingerprint density at radius 2 is 1.85 bits per heavy atom. The van der Waals surface area contributed by atoms with Crippen molar-refractivity contribution in [2.45, 2.75) is 6.42 Å². The minimum absolute atomic E-state index is 0.0893. The van der Waals surface area contributed by atoms with Gasteiger partial charge in [0.1, 0.15) is 0 Å². The molecule has 0 radical (unpaired) electrons. The fourth-order valence-electron chi connectivity index (χ4n) is 1.51. The molecule has 0 unspecified atom stereocenters. The van der Waals surface area contributed by atoms with Crippen molar-refractivity contribution >= 4 is 10.2 Å². The molecule has 1 N–H and O–H groups in total. The van der Waals surface area contributed by atoms with Crippen LogP contribution in [-0.4, -0.2) is 54.9 Å². The van der Waals surface area contributed by atoms with E-state index in [1.807, 2.05) is 0 Å². The lowest BCUT2D eigenvalue weighted by Gasteiger charge is -2.42. The summed E-state index contributed by atoms with van der Waals surface area (Å²) in [4.78, 5) is 0. The standard InChI is InChI=1S/C7H14N2O3S/c10-6-7-4-9(5-7)13(11,12)8-2-1-3-8/h7,10H,1-6H2. The Morgan fingerprint density at radius 3 is 2.23 bits per heavy atom. The predicted octanol–water partition coefficient (Wildman–Crippen LogP) is -1.14. The molecule has 0 saturated carbocycles. The molecular weight excluding hydrogens is 192 g/mol. The molecule has 2 fully saturated rings. The molecule has 76 valence electrons. The first-order chi connectivity index (χ1) is 6.14. The summed E-state index contributed by atoms with van der Waals surface area (Å²) in [5.74, 6) is 0.149. The number of aliphatic hydroxyl groups is 1.